The third kappa shape index (κ3) is 8.83. The zero-order valence-corrected chi connectivity index (χ0v) is 25.2. The average molecular weight is 659 g/mol. The van der Waals surface area contributed by atoms with E-state index in [9.17, 15) is 55.5 Å². The number of amides is 2. The molecule has 3 saturated heterocycles. The fourth-order valence-corrected chi connectivity index (χ4v) is 5.45. The first-order valence-electron chi connectivity index (χ1n) is 14.5. The van der Waals surface area contributed by atoms with Crippen molar-refractivity contribution < 1.29 is 84.0 Å². The highest BCUT2D eigenvalue weighted by Gasteiger charge is 2.53. The molecule has 262 valence electrons. The summed E-state index contributed by atoms with van der Waals surface area (Å²) in [5.74, 6) is -1.22. The summed E-state index contributed by atoms with van der Waals surface area (Å²) in [6.45, 7) is 2.98. The van der Waals surface area contributed by atoms with Crippen molar-refractivity contribution in [1.82, 2.24) is 10.6 Å². The van der Waals surface area contributed by atoms with Gasteiger partial charge in [-0.15, -0.1) is 0 Å². The molecular formula is C26H46N2O17. The zero-order chi connectivity index (χ0) is 33.7. The van der Waals surface area contributed by atoms with Gasteiger partial charge in [-0.3, -0.25) is 9.59 Å². The number of hydrogen-bond acceptors (Lipinski definition) is 17. The Kier molecular flexibility index (Phi) is 13.8. The Balaban J connectivity index is 1.83. The predicted octanol–water partition coefficient (Wildman–Crippen LogP) is -6.49. The van der Waals surface area contributed by atoms with Crippen molar-refractivity contribution in [3.63, 3.8) is 0 Å². The summed E-state index contributed by atoms with van der Waals surface area (Å²) in [5.41, 5.74) is 0. The van der Waals surface area contributed by atoms with Gasteiger partial charge < -0.3 is 85.0 Å². The standard InChI is InChI=1S/C26H46N2O17/c1-8-17(35)23(21(39)26(40-8)42-13(6-30)12(34)5-29)45-25-20(38)15(27-10(3)32)22(9(2)41-25)44-24-16(28-11(4)33)19(37)18(36)14(7-31)43-24/h8-9,12-26,29-31,34-39H,5-7H2,1-4H3,(H,27,32)(H,28,33)/t8-,9+,12+,13+,14+,15+,16+,17-,18-,19+,20+,21+,22+,23+,24+,25+,26-/m0/s1. The van der Waals surface area contributed by atoms with Gasteiger partial charge in [-0.2, -0.15) is 0 Å². The SMILES string of the molecule is CC(=O)N[C@@H]1[C@@H](O)[C@@H](O[C@@H]2[C@@H](O)[C@H](C)O[C@@H](O[C@H](CO)[C@H](O)CO)[C@@H]2O)O[C@H](C)[C@H]1O[C@H]1O[C@H](CO)[C@H](O)[C@H](O)[C@H]1NC(C)=O. The van der Waals surface area contributed by atoms with Crippen molar-refractivity contribution in [2.75, 3.05) is 19.8 Å². The molecule has 11 N–H and O–H groups in total. The molecule has 19 nitrogen and oxygen atoms in total. The van der Waals surface area contributed by atoms with Crippen LogP contribution in [0.5, 0.6) is 0 Å². The Morgan fingerprint density at radius 3 is 1.82 bits per heavy atom. The highest BCUT2D eigenvalue weighted by Crippen LogP contribution is 2.33. The van der Waals surface area contributed by atoms with E-state index in [1.165, 1.54) is 13.8 Å². The van der Waals surface area contributed by atoms with Crippen LogP contribution in [0.25, 0.3) is 0 Å². The molecule has 0 aromatic rings. The maximum atomic E-state index is 12.2. The number of ether oxygens (including phenoxy) is 6. The van der Waals surface area contributed by atoms with Crippen molar-refractivity contribution in [2.45, 2.75) is 132 Å². The molecule has 2 amide bonds. The quantitative estimate of drug-likeness (QED) is 0.0929. The van der Waals surface area contributed by atoms with Crippen LogP contribution in [0.15, 0.2) is 0 Å². The summed E-state index contributed by atoms with van der Waals surface area (Å²) in [6.07, 6.45) is -22.0. The molecule has 0 unspecified atom stereocenters. The lowest BCUT2D eigenvalue weighted by Crippen LogP contribution is -2.70. The fourth-order valence-electron chi connectivity index (χ4n) is 5.45. The molecule has 0 bridgehead atoms. The highest BCUT2D eigenvalue weighted by molar-refractivity contribution is 5.73. The number of rotatable bonds is 12. The smallest absolute Gasteiger partial charge is 0.217 e. The van der Waals surface area contributed by atoms with Crippen LogP contribution in [0.2, 0.25) is 0 Å². The minimum absolute atomic E-state index is 0.605. The first-order chi connectivity index (χ1) is 21.1. The molecular weight excluding hydrogens is 612 g/mol. The second-order valence-electron chi connectivity index (χ2n) is 11.4. The second-order valence-corrected chi connectivity index (χ2v) is 11.4. The Hall–Kier alpha value is -1.66. The topological polar surface area (TPSA) is 296 Å². The first kappa shape index (κ1) is 37.8. The Morgan fingerprint density at radius 1 is 0.689 bits per heavy atom. The van der Waals surface area contributed by atoms with E-state index in [0.717, 1.165) is 13.8 Å². The average Bonchev–Trinajstić information content (AvgIpc) is 2.98. The summed E-state index contributed by atoms with van der Waals surface area (Å²) in [5, 5.41) is 97.2. The third-order valence-electron chi connectivity index (χ3n) is 7.90. The minimum Gasteiger partial charge on any atom is -0.394 e. The van der Waals surface area contributed by atoms with Crippen molar-refractivity contribution in [3.05, 3.63) is 0 Å². The molecule has 0 aromatic carbocycles. The molecule has 0 aromatic heterocycles. The van der Waals surface area contributed by atoms with Gasteiger partial charge in [-0.05, 0) is 13.8 Å². The number of nitrogens with one attached hydrogen (secondary N) is 2. The van der Waals surface area contributed by atoms with Crippen LogP contribution in [0, 0.1) is 0 Å². The minimum atomic E-state index is -1.77. The van der Waals surface area contributed by atoms with Gasteiger partial charge in [0.25, 0.3) is 0 Å². The van der Waals surface area contributed by atoms with Gasteiger partial charge in [-0.1, -0.05) is 0 Å². The number of aliphatic hydroxyl groups excluding tert-OH is 9. The molecule has 3 aliphatic rings. The van der Waals surface area contributed by atoms with Gasteiger partial charge >= 0.3 is 0 Å². The lowest BCUT2D eigenvalue weighted by atomic mass is 9.94. The van der Waals surface area contributed by atoms with Crippen LogP contribution in [-0.4, -0.2) is 182 Å². The summed E-state index contributed by atoms with van der Waals surface area (Å²) in [6, 6.07) is -2.65. The first-order valence-corrected chi connectivity index (χ1v) is 14.5. The molecule has 0 saturated carbocycles. The Bertz CT molecular complexity index is 964. The number of carbonyl (C=O) groups is 2. The highest BCUT2D eigenvalue weighted by atomic mass is 16.7. The van der Waals surface area contributed by atoms with E-state index in [1.807, 2.05) is 0 Å². The van der Waals surface area contributed by atoms with Crippen LogP contribution in [0.3, 0.4) is 0 Å². The summed E-state index contributed by atoms with van der Waals surface area (Å²) >= 11 is 0. The number of hydrogen-bond donors (Lipinski definition) is 11. The normalized spacial score (nSPS) is 43.7. The maximum Gasteiger partial charge on any atom is 0.217 e. The second kappa shape index (κ2) is 16.4. The zero-order valence-electron chi connectivity index (χ0n) is 25.2. The van der Waals surface area contributed by atoms with E-state index < -0.39 is 136 Å². The summed E-state index contributed by atoms with van der Waals surface area (Å²) in [7, 11) is 0. The lowest BCUT2D eigenvalue weighted by molar-refractivity contribution is -0.364. The van der Waals surface area contributed by atoms with E-state index in [1.54, 1.807) is 0 Å². The van der Waals surface area contributed by atoms with Crippen molar-refractivity contribution >= 4 is 11.8 Å². The van der Waals surface area contributed by atoms with Gasteiger partial charge in [0, 0.05) is 13.8 Å². The molecule has 0 spiro atoms. The van der Waals surface area contributed by atoms with Gasteiger partial charge in [0.2, 0.25) is 11.8 Å². The molecule has 45 heavy (non-hydrogen) atoms. The van der Waals surface area contributed by atoms with E-state index in [-0.39, 0.29) is 0 Å². The van der Waals surface area contributed by atoms with Crippen LogP contribution < -0.4 is 10.6 Å². The summed E-state index contributed by atoms with van der Waals surface area (Å²) < 4.78 is 34.2. The molecule has 0 aliphatic carbocycles. The van der Waals surface area contributed by atoms with Crippen molar-refractivity contribution in [2.24, 2.45) is 0 Å². The molecule has 0 radical (unpaired) electrons. The van der Waals surface area contributed by atoms with Gasteiger partial charge in [0.15, 0.2) is 18.9 Å². The Labute approximate surface area is 258 Å². The van der Waals surface area contributed by atoms with E-state index >= 15 is 0 Å². The number of aliphatic hydroxyl groups is 9. The van der Waals surface area contributed by atoms with E-state index in [4.69, 9.17) is 28.4 Å². The maximum absolute atomic E-state index is 12.2. The van der Waals surface area contributed by atoms with Gasteiger partial charge in [0.1, 0.15) is 67.1 Å². The van der Waals surface area contributed by atoms with Crippen molar-refractivity contribution in [3.8, 4) is 0 Å². The van der Waals surface area contributed by atoms with Crippen LogP contribution in [0.4, 0.5) is 0 Å². The van der Waals surface area contributed by atoms with E-state index in [0.29, 0.717) is 0 Å². The monoisotopic (exact) mass is 658 g/mol. The van der Waals surface area contributed by atoms with Crippen LogP contribution in [0.1, 0.15) is 27.7 Å². The van der Waals surface area contributed by atoms with Gasteiger partial charge in [0.05, 0.1) is 38.1 Å². The van der Waals surface area contributed by atoms with Gasteiger partial charge in [-0.25, -0.2) is 0 Å². The molecule has 19 heteroatoms. The predicted molar refractivity (Wildman–Crippen MR) is 144 cm³/mol. The lowest BCUT2D eigenvalue weighted by Gasteiger charge is -2.49. The van der Waals surface area contributed by atoms with E-state index in [2.05, 4.69) is 10.6 Å². The molecule has 3 rings (SSSR count). The Morgan fingerprint density at radius 2 is 1.27 bits per heavy atom. The third-order valence-corrected chi connectivity index (χ3v) is 7.90. The molecule has 3 heterocycles. The molecule has 3 aliphatic heterocycles. The largest absolute Gasteiger partial charge is 0.394 e. The fraction of sp³-hybridized carbons (Fsp3) is 0.923. The number of carbonyl (C=O) groups excluding carboxylic acids is 2. The molecule has 3 fully saturated rings. The van der Waals surface area contributed by atoms with Crippen LogP contribution >= 0.6 is 0 Å². The molecule has 17 atom stereocenters. The van der Waals surface area contributed by atoms with Crippen molar-refractivity contribution in [1.29, 1.82) is 0 Å². The summed E-state index contributed by atoms with van der Waals surface area (Å²) in [4.78, 5) is 24.0. The van der Waals surface area contributed by atoms with Crippen LogP contribution in [-0.2, 0) is 38.0 Å².